The van der Waals surface area contributed by atoms with Gasteiger partial charge in [0.05, 0.1) is 19.1 Å². The van der Waals surface area contributed by atoms with E-state index < -0.39 is 0 Å². The Morgan fingerprint density at radius 2 is 1.75 bits per heavy atom. The van der Waals surface area contributed by atoms with Crippen LogP contribution in [0.15, 0.2) is 48.5 Å². The fourth-order valence-corrected chi connectivity index (χ4v) is 3.45. The van der Waals surface area contributed by atoms with Crippen LogP contribution in [-0.2, 0) is 4.79 Å². The maximum Gasteiger partial charge on any atom is 0.233 e. The maximum atomic E-state index is 12.7. The first-order valence-corrected chi connectivity index (χ1v) is 8.76. The summed E-state index contributed by atoms with van der Waals surface area (Å²) in [4.78, 5) is 14.6. The molecule has 1 saturated heterocycles. The smallest absolute Gasteiger partial charge is 0.233 e. The van der Waals surface area contributed by atoms with E-state index in [0.717, 1.165) is 36.3 Å². The maximum absolute atomic E-state index is 12.7. The van der Waals surface area contributed by atoms with Crippen molar-refractivity contribution in [3.05, 3.63) is 59.1 Å². The summed E-state index contributed by atoms with van der Waals surface area (Å²) in [6.45, 7) is 2.15. The van der Waals surface area contributed by atoms with E-state index in [9.17, 15) is 4.79 Å². The van der Waals surface area contributed by atoms with Crippen LogP contribution >= 0.6 is 11.6 Å². The fraction of sp³-hybridized carbons (Fsp3) is 0.350. The SMILES string of the molecule is CCCCC1C(=O)N(c2ccc(OC)cc2)C1c1ccc(Cl)cc1. The van der Waals surface area contributed by atoms with Crippen molar-refractivity contribution in [2.24, 2.45) is 5.92 Å². The predicted octanol–water partition coefficient (Wildman–Crippen LogP) is 5.24. The number of rotatable bonds is 6. The summed E-state index contributed by atoms with van der Waals surface area (Å²) in [6, 6.07) is 15.6. The summed E-state index contributed by atoms with van der Waals surface area (Å²) in [5.41, 5.74) is 2.05. The third-order valence-corrected chi connectivity index (χ3v) is 4.90. The second-order valence-electron chi connectivity index (χ2n) is 6.15. The number of benzene rings is 2. The van der Waals surface area contributed by atoms with E-state index in [2.05, 4.69) is 6.92 Å². The van der Waals surface area contributed by atoms with E-state index in [0.29, 0.717) is 5.02 Å². The molecule has 2 unspecified atom stereocenters. The van der Waals surface area contributed by atoms with Crippen LogP contribution in [0.5, 0.6) is 5.75 Å². The zero-order valence-corrected chi connectivity index (χ0v) is 14.8. The van der Waals surface area contributed by atoms with E-state index in [-0.39, 0.29) is 17.9 Å². The minimum absolute atomic E-state index is 0.0493. The molecule has 24 heavy (non-hydrogen) atoms. The number of nitrogens with zero attached hydrogens (tertiary/aromatic N) is 1. The number of anilines is 1. The Hall–Kier alpha value is -2.00. The van der Waals surface area contributed by atoms with Crippen LogP contribution in [-0.4, -0.2) is 13.0 Å². The van der Waals surface area contributed by atoms with Gasteiger partial charge in [-0.15, -0.1) is 0 Å². The summed E-state index contributed by atoms with van der Waals surface area (Å²) in [5, 5.41) is 0.713. The van der Waals surface area contributed by atoms with Crippen molar-refractivity contribution in [1.29, 1.82) is 0 Å². The van der Waals surface area contributed by atoms with Crippen LogP contribution in [0.2, 0.25) is 5.02 Å². The summed E-state index contributed by atoms with van der Waals surface area (Å²) in [6.07, 6.45) is 3.09. The Morgan fingerprint density at radius 1 is 1.08 bits per heavy atom. The van der Waals surface area contributed by atoms with E-state index in [1.807, 2.05) is 53.4 Å². The van der Waals surface area contributed by atoms with Gasteiger partial charge < -0.3 is 9.64 Å². The van der Waals surface area contributed by atoms with Gasteiger partial charge in [0.25, 0.3) is 0 Å². The molecular weight excluding hydrogens is 322 g/mol. The number of amides is 1. The third-order valence-electron chi connectivity index (χ3n) is 4.64. The van der Waals surface area contributed by atoms with Crippen molar-refractivity contribution in [2.45, 2.75) is 32.2 Å². The van der Waals surface area contributed by atoms with Crippen molar-refractivity contribution in [1.82, 2.24) is 0 Å². The Bertz CT molecular complexity index is 697. The van der Waals surface area contributed by atoms with Crippen molar-refractivity contribution < 1.29 is 9.53 Å². The topological polar surface area (TPSA) is 29.5 Å². The molecule has 0 aliphatic carbocycles. The number of hydrogen-bond acceptors (Lipinski definition) is 2. The first-order valence-electron chi connectivity index (χ1n) is 8.38. The summed E-state index contributed by atoms with van der Waals surface area (Å²) >= 11 is 6.02. The number of hydrogen-bond donors (Lipinski definition) is 0. The molecule has 0 saturated carbocycles. The standard InChI is InChI=1S/C20H22ClNO2/c1-3-4-5-18-19(14-6-8-15(21)9-7-14)22(20(18)23)16-10-12-17(24-2)13-11-16/h6-13,18-19H,3-5H2,1-2H3. The van der Waals surface area contributed by atoms with E-state index in [1.54, 1.807) is 7.11 Å². The average molecular weight is 344 g/mol. The molecule has 0 bridgehead atoms. The van der Waals surface area contributed by atoms with E-state index >= 15 is 0 Å². The van der Waals surface area contributed by atoms with Crippen LogP contribution in [0, 0.1) is 5.92 Å². The Morgan fingerprint density at radius 3 is 2.33 bits per heavy atom. The molecule has 1 amide bonds. The van der Waals surface area contributed by atoms with E-state index in [4.69, 9.17) is 16.3 Å². The number of β-lactam (4-membered cyclic amide) rings is 1. The van der Waals surface area contributed by atoms with Crippen LogP contribution in [0.1, 0.15) is 37.8 Å². The molecule has 0 N–H and O–H groups in total. The Kier molecular flexibility index (Phi) is 5.10. The molecule has 3 nitrogen and oxygen atoms in total. The number of halogens is 1. The summed E-state index contributed by atoms with van der Waals surface area (Å²) in [5.74, 6) is 1.04. The quantitative estimate of drug-likeness (QED) is 0.671. The molecule has 1 heterocycles. The first-order chi connectivity index (χ1) is 11.7. The fourth-order valence-electron chi connectivity index (χ4n) is 3.33. The van der Waals surface area contributed by atoms with Gasteiger partial charge >= 0.3 is 0 Å². The number of methoxy groups -OCH3 is 1. The lowest BCUT2D eigenvalue weighted by atomic mass is 9.79. The monoisotopic (exact) mass is 343 g/mol. The van der Waals surface area contributed by atoms with Gasteiger partial charge in [-0.25, -0.2) is 0 Å². The highest BCUT2D eigenvalue weighted by molar-refractivity contribution is 6.30. The second kappa shape index (κ2) is 7.27. The molecule has 1 fully saturated rings. The van der Waals surface area contributed by atoms with Crippen LogP contribution in [0.25, 0.3) is 0 Å². The summed E-state index contributed by atoms with van der Waals surface area (Å²) in [7, 11) is 1.64. The van der Waals surface area contributed by atoms with Gasteiger partial charge in [-0.05, 0) is 48.4 Å². The molecule has 0 radical (unpaired) electrons. The molecular formula is C20H22ClNO2. The van der Waals surface area contributed by atoms with Crippen molar-refractivity contribution in [3.8, 4) is 5.75 Å². The lowest BCUT2D eigenvalue weighted by Gasteiger charge is -2.47. The van der Waals surface area contributed by atoms with Crippen LogP contribution < -0.4 is 9.64 Å². The molecule has 2 aromatic carbocycles. The molecule has 3 rings (SSSR count). The average Bonchev–Trinajstić information content (AvgIpc) is 2.61. The highest BCUT2D eigenvalue weighted by Gasteiger charge is 2.47. The Labute approximate surface area is 148 Å². The van der Waals surface area contributed by atoms with Gasteiger partial charge in [-0.1, -0.05) is 43.5 Å². The van der Waals surface area contributed by atoms with Crippen LogP contribution in [0.3, 0.4) is 0 Å². The predicted molar refractivity (Wildman–Crippen MR) is 97.7 cm³/mol. The van der Waals surface area contributed by atoms with Gasteiger partial charge in [-0.3, -0.25) is 4.79 Å². The molecule has 126 valence electrons. The van der Waals surface area contributed by atoms with Gasteiger partial charge in [0, 0.05) is 10.7 Å². The van der Waals surface area contributed by atoms with Crippen molar-refractivity contribution >= 4 is 23.2 Å². The minimum Gasteiger partial charge on any atom is -0.497 e. The van der Waals surface area contributed by atoms with Gasteiger partial charge in [-0.2, -0.15) is 0 Å². The molecule has 4 heteroatoms. The lowest BCUT2D eigenvalue weighted by Crippen LogP contribution is -2.55. The van der Waals surface area contributed by atoms with Crippen molar-refractivity contribution in [3.63, 3.8) is 0 Å². The molecule has 2 atom stereocenters. The zero-order chi connectivity index (χ0) is 17.1. The Balaban J connectivity index is 1.90. The number of carbonyl (C=O) groups is 1. The number of unbranched alkanes of at least 4 members (excludes halogenated alkanes) is 1. The molecule has 2 aromatic rings. The number of carbonyl (C=O) groups excluding carboxylic acids is 1. The molecule has 1 aliphatic rings. The largest absolute Gasteiger partial charge is 0.497 e. The van der Waals surface area contributed by atoms with Crippen molar-refractivity contribution in [2.75, 3.05) is 12.0 Å². The highest BCUT2D eigenvalue weighted by atomic mass is 35.5. The van der Waals surface area contributed by atoms with Crippen LogP contribution in [0.4, 0.5) is 5.69 Å². The normalized spacial score (nSPS) is 20.0. The first kappa shape index (κ1) is 16.8. The van der Waals surface area contributed by atoms with Gasteiger partial charge in [0.15, 0.2) is 0 Å². The van der Waals surface area contributed by atoms with Gasteiger partial charge in [0.2, 0.25) is 5.91 Å². The zero-order valence-electron chi connectivity index (χ0n) is 14.0. The highest BCUT2D eigenvalue weighted by Crippen LogP contribution is 2.46. The lowest BCUT2D eigenvalue weighted by molar-refractivity contribution is -0.130. The third kappa shape index (κ3) is 3.13. The second-order valence-corrected chi connectivity index (χ2v) is 6.59. The molecule has 1 aliphatic heterocycles. The molecule has 0 spiro atoms. The number of ether oxygens (including phenoxy) is 1. The molecule has 0 aromatic heterocycles. The summed E-state index contributed by atoms with van der Waals surface area (Å²) < 4.78 is 5.21. The van der Waals surface area contributed by atoms with E-state index in [1.165, 1.54) is 0 Å². The minimum atomic E-state index is 0.0493. The van der Waals surface area contributed by atoms with Gasteiger partial charge in [0.1, 0.15) is 5.75 Å².